The Morgan fingerprint density at radius 1 is 1.35 bits per heavy atom. The van der Waals surface area contributed by atoms with Crippen molar-refractivity contribution in [1.82, 2.24) is 0 Å². The number of carboxylic acids is 1. The summed E-state index contributed by atoms with van der Waals surface area (Å²) in [6.45, 7) is 7.15. The molecule has 0 aromatic heterocycles. The monoisotopic (exact) mass is 300 g/mol. The molecule has 0 unspecified atom stereocenters. The van der Waals surface area contributed by atoms with Gasteiger partial charge in [0.05, 0.1) is 18.6 Å². The van der Waals surface area contributed by atoms with Crippen molar-refractivity contribution < 1.29 is 19.4 Å². The first-order valence-electron chi connectivity index (χ1n) is 6.44. The van der Waals surface area contributed by atoms with E-state index in [9.17, 15) is 9.90 Å². The lowest BCUT2D eigenvalue weighted by atomic mass is 9.86. The third-order valence-electron chi connectivity index (χ3n) is 2.91. The molecule has 1 rings (SSSR count). The fraction of sp³-hybridized carbons (Fsp3) is 0.533. The van der Waals surface area contributed by atoms with E-state index in [4.69, 9.17) is 21.1 Å². The van der Waals surface area contributed by atoms with Gasteiger partial charge in [-0.2, -0.15) is 0 Å². The third kappa shape index (κ3) is 4.04. The molecule has 112 valence electrons. The minimum atomic E-state index is -0.894. The van der Waals surface area contributed by atoms with Crippen LogP contribution in [-0.2, 0) is 11.2 Å². The number of rotatable bonds is 6. The number of hydrogen-bond acceptors (Lipinski definition) is 3. The third-order valence-corrected chi connectivity index (χ3v) is 3.26. The van der Waals surface area contributed by atoms with Gasteiger partial charge >= 0.3 is 5.97 Å². The Kier molecular flexibility index (Phi) is 5.28. The van der Waals surface area contributed by atoms with E-state index in [2.05, 4.69) is 0 Å². The van der Waals surface area contributed by atoms with Crippen molar-refractivity contribution in [3.8, 4) is 11.5 Å². The SMILES string of the molecule is COc1cc(CC(C)(C)C(=O)O)c(Cl)cc1OC(C)C. The second-order valence-electron chi connectivity index (χ2n) is 5.63. The van der Waals surface area contributed by atoms with Crippen LogP contribution in [0.5, 0.6) is 11.5 Å². The molecular formula is C15H21ClO4. The van der Waals surface area contributed by atoms with E-state index in [1.54, 1.807) is 33.1 Å². The number of carbonyl (C=O) groups is 1. The van der Waals surface area contributed by atoms with E-state index >= 15 is 0 Å². The first-order valence-corrected chi connectivity index (χ1v) is 6.81. The molecule has 0 bridgehead atoms. The number of methoxy groups -OCH3 is 1. The highest BCUT2D eigenvalue weighted by molar-refractivity contribution is 6.31. The molecule has 0 heterocycles. The lowest BCUT2D eigenvalue weighted by molar-refractivity contribution is -0.146. The number of aliphatic carboxylic acids is 1. The molecule has 0 spiro atoms. The zero-order valence-corrected chi connectivity index (χ0v) is 13.2. The minimum Gasteiger partial charge on any atom is -0.493 e. The van der Waals surface area contributed by atoms with Crippen LogP contribution in [0.2, 0.25) is 5.02 Å². The summed E-state index contributed by atoms with van der Waals surface area (Å²) < 4.78 is 10.9. The van der Waals surface area contributed by atoms with Gasteiger partial charge in [-0.25, -0.2) is 0 Å². The summed E-state index contributed by atoms with van der Waals surface area (Å²) in [6, 6.07) is 3.42. The summed E-state index contributed by atoms with van der Waals surface area (Å²) >= 11 is 6.22. The maximum atomic E-state index is 11.2. The van der Waals surface area contributed by atoms with E-state index in [1.807, 2.05) is 13.8 Å². The molecule has 0 amide bonds. The number of halogens is 1. The fourth-order valence-corrected chi connectivity index (χ4v) is 1.99. The average Bonchev–Trinajstić information content (AvgIpc) is 2.31. The van der Waals surface area contributed by atoms with Gasteiger partial charge in [0.2, 0.25) is 0 Å². The molecule has 1 N–H and O–H groups in total. The normalized spacial score (nSPS) is 11.6. The van der Waals surface area contributed by atoms with Crippen LogP contribution in [0.3, 0.4) is 0 Å². The molecule has 0 aliphatic heterocycles. The van der Waals surface area contributed by atoms with Crippen LogP contribution in [0.25, 0.3) is 0 Å². The lowest BCUT2D eigenvalue weighted by Crippen LogP contribution is -2.26. The Bertz CT molecular complexity index is 495. The Morgan fingerprint density at radius 3 is 2.40 bits per heavy atom. The second kappa shape index (κ2) is 6.35. The fourth-order valence-electron chi connectivity index (χ4n) is 1.77. The van der Waals surface area contributed by atoms with Crippen molar-refractivity contribution in [2.45, 2.75) is 40.2 Å². The maximum absolute atomic E-state index is 11.2. The Hall–Kier alpha value is -1.42. The van der Waals surface area contributed by atoms with Crippen molar-refractivity contribution in [1.29, 1.82) is 0 Å². The molecule has 0 saturated heterocycles. The molecule has 0 aliphatic rings. The smallest absolute Gasteiger partial charge is 0.309 e. The topological polar surface area (TPSA) is 55.8 Å². The first-order chi connectivity index (χ1) is 9.17. The summed E-state index contributed by atoms with van der Waals surface area (Å²) in [5.74, 6) is 0.249. The lowest BCUT2D eigenvalue weighted by Gasteiger charge is -2.21. The molecular weight excluding hydrogens is 280 g/mol. The van der Waals surface area contributed by atoms with Crippen LogP contribution in [-0.4, -0.2) is 24.3 Å². The molecule has 4 nitrogen and oxygen atoms in total. The van der Waals surface area contributed by atoms with Gasteiger partial charge in [-0.1, -0.05) is 11.6 Å². The number of carboxylic acid groups (broad SMARTS) is 1. The zero-order valence-electron chi connectivity index (χ0n) is 12.5. The molecule has 0 fully saturated rings. The van der Waals surface area contributed by atoms with Crippen molar-refractivity contribution in [3.05, 3.63) is 22.7 Å². The first kappa shape index (κ1) is 16.6. The van der Waals surface area contributed by atoms with Crippen molar-refractivity contribution in [2.75, 3.05) is 7.11 Å². The highest BCUT2D eigenvalue weighted by Crippen LogP contribution is 2.36. The van der Waals surface area contributed by atoms with Gasteiger partial charge in [0.25, 0.3) is 0 Å². The van der Waals surface area contributed by atoms with Gasteiger partial charge in [-0.15, -0.1) is 0 Å². The molecule has 5 heteroatoms. The van der Waals surface area contributed by atoms with Crippen LogP contribution in [0.1, 0.15) is 33.3 Å². The van der Waals surface area contributed by atoms with E-state index in [-0.39, 0.29) is 6.10 Å². The van der Waals surface area contributed by atoms with Gasteiger partial charge in [0.15, 0.2) is 11.5 Å². The van der Waals surface area contributed by atoms with Crippen molar-refractivity contribution >= 4 is 17.6 Å². The van der Waals surface area contributed by atoms with Gasteiger partial charge in [0, 0.05) is 11.1 Å². The van der Waals surface area contributed by atoms with E-state index < -0.39 is 11.4 Å². The second-order valence-corrected chi connectivity index (χ2v) is 6.03. The Morgan fingerprint density at radius 2 is 1.95 bits per heavy atom. The zero-order chi connectivity index (χ0) is 15.5. The van der Waals surface area contributed by atoms with Gasteiger partial charge < -0.3 is 14.6 Å². The van der Waals surface area contributed by atoms with Gasteiger partial charge in [-0.3, -0.25) is 4.79 Å². The standard InChI is InChI=1S/C15H21ClO4/c1-9(2)20-13-7-11(16)10(6-12(13)19-5)8-15(3,4)14(17)18/h6-7,9H,8H2,1-5H3,(H,17,18). The van der Waals surface area contributed by atoms with Crippen LogP contribution >= 0.6 is 11.6 Å². The number of ether oxygens (including phenoxy) is 2. The molecule has 0 radical (unpaired) electrons. The predicted octanol–water partition coefficient (Wildman–Crippen LogP) is 3.79. The maximum Gasteiger partial charge on any atom is 0.309 e. The summed E-state index contributed by atoms with van der Waals surface area (Å²) in [5.41, 5.74) is -0.165. The van der Waals surface area contributed by atoms with E-state index in [1.165, 1.54) is 0 Å². The summed E-state index contributed by atoms with van der Waals surface area (Å²) in [4.78, 5) is 11.2. The summed E-state index contributed by atoms with van der Waals surface area (Å²) in [7, 11) is 1.54. The van der Waals surface area contributed by atoms with E-state index in [0.29, 0.717) is 22.9 Å². The van der Waals surface area contributed by atoms with Crippen LogP contribution in [0, 0.1) is 5.41 Å². The Balaban J connectivity index is 3.14. The van der Waals surface area contributed by atoms with Crippen LogP contribution in [0.15, 0.2) is 12.1 Å². The summed E-state index contributed by atoms with van der Waals surface area (Å²) in [5, 5.41) is 9.68. The van der Waals surface area contributed by atoms with E-state index in [0.717, 1.165) is 5.56 Å². The molecule has 0 aliphatic carbocycles. The molecule has 1 aromatic carbocycles. The average molecular weight is 301 g/mol. The van der Waals surface area contributed by atoms with Crippen molar-refractivity contribution in [3.63, 3.8) is 0 Å². The Labute approximate surface area is 124 Å². The number of hydrogen-bond donors (Lipinski definition) is 1. The van der Waals surface area contributed by atoms with Crippen LogP contribution < -0.4 is 9.47 Å². The highest BCUT2D eigenvalue weighted by atomic mass is 35.5. The molecule has 0 atom stereocenters. The molecule has 20 heavy (non-hydrogen) atoms. The minimum absolute atomic E-state index is 0.00118. The largest absolute Gasteiger partial charge is 0.493 e. The van der Waals surface area contributed by atoms with Crippen molar-refractivity contribution in [2.24, 2.45) is 5.41 Å². The number of benzene rings is 1. The quantitative estimate of drug-likeness (QED) is 0.868. The summed E-state index contributed by atoms with van der Waals surface area (Å²) in [6.07, 6.45) is 0.320. The highest BCUT2D eigenvalue weighted by Gasteiger charge is 2.29. The van der Waals surface area contributed by atoms with Crippen LogP contribution in [0.4, 0.5) is 0 Å². The predicted molar refractivity (Wildman–Crippen MR) is 78.9 cm³/mol. The molecule has 0 saturated carbocycles. The van der Waals surface area contributed by atoms with Gasteiger partial charge in [-0.05, 0) is 45.7 Å². The molecule has 1 aromatic rings. The van der Waals surface area contributed by atoms with Gasteiger partial charge in [0.1, 0.15) is 0 Å².